The lowest BCUT2D eigenvalue weighted by Crippen LogP contribution is -2.33. The van der Waals surface area contributed by atoms with Crippen molar-refractivity contribution in [2.24, 2.45) is 0 Å². The molecule has 2 N–H and O–H groups in total. The number of amides is 1. The third kappa shape index (κ3) is 4.87. The summed E-state index contributed by atoms with van der Waals surface area (Å²) in [6.07, 6.45) is 0.815. The average molecular weight is 377 g/mol. The zero-order chi connectivity index (χ0) is 19.3. The quantitative estimate of drug-likeness (QED) is 0.567. The number of rotatable bonds is 7. The topological polar surface area (TPSA) is 118 Å². The maximum Gasteiger partial charge on any atom is 0.269 e. The molecule has 8 nitrogen and oxygen atoms in total. The highest BCUT2D eigenvalue weighted by atomic mass is 32.2. The Morgan fingerprint density at radius 1 is 1.19 bits per heavy atom. The molecule has 0 aliphatic rings. The highest BCUT2D eigenvalue weighted by Gasteiger charge is 2.20. The first kappa shape index (κ1) is 19.5. The fourth-order valence-corrected chi connectivity index (χ4v) is 3.57. The Labute approximate surface area is 151 Å². The van der Waals surface area contributed by atoms with Crippen LogP contribution < -0.4 is 10.0 Å². The number of non-ortho nitro benzene ring substituents is 1. The number of nitrogens with zero attached hydrogens (tertiary/aromatic N) is 1. The Morgan fingerprint density at radius 3 is 2.54 bits per heavy atom. The highest BCUT2D eigenvalue weighted by molar-refractivity contribution is 7.89. The van der Waals surface area contributed by atoms with Crippen LogP contribution in [0.5, 0.6) is 0 Å². The van der Waals surface area contributed by atoms with E-state index in [0.29, 0.717) is 5.69 Å². The summed E-state index contributed by atoms with van der Waals surface area (Å²) in [6, 6.07) is 10.7. The number of sulfonamides is 1. The van der Waals surface area contributed by atoms with Crippen LogP contribution in [0.3, 0.4) is 0 Å². The third-order valence-corrected chi connectivity index (χ3v) is 5.26. The van der Waals surface area contributed by atoms with Crippen molar-refractivity contribution in [1.29, 1.82) is 0 Å². The molecule has 0 fully saturated rings. The maximum absolute atomic E-state index is 12.3. The molecular formula is C17H19N3O5S. The third-order valence-electron chi connectivity index (χ3n) is 3.70. The molecule has 0 bridgehead atoms. The lowest BCUT2D eigenvalue weighted by molar-refractivity contribution is -0.385. The molecule has 2 rings (SSSR count). The van der Waals surface area contributed by atoms with E-state index in [1.807, 2.05) is 19.1 Å². The van der Waals surface area contributed by atoms with Gasteiger partial charge in [-0.2, -0.15) is 0 Å². The molecule has 1 amide bonds. The number of nitrogens with one attached hydrogen (secondary N) is 2. The van der Waals surface area contributed by atoms with Crippen molar-refractivity contribution in [1.82, 2.24) is 4.72 Å². The highest BCUT2D eigenvalue weighted by Crippen LogP contribution is 2.20. The molecule has 0 unspecified atom stereocenters. The van der Waals surface area contributed by atoms with Gasteiger partial charge in [-0.3, -0.25) is 14.9 Å². The minimum atomic E-state index is -3.97. The van der Waals surface area contributed by atoms with Gasteiger partial charge in [0.2, 0.25) is 15.9 Å². The van der Waals surface area contributed by atoms with Gasteiger partial charge in [0.15, 0.2) is 0 Å². The van der Waals surface area contributed by atoms with Crippen molar-refractivity contribution >= 4 is 27.3 Å². The number of benzene rings is 2. The van der Waals surface area contributed by atoms with Crippen LogP contribution in [0.25, 0.3) is 0 Å². The van der Waals surface area contributed by atoms with Crippen molar-refractivity contribution in [3.8, 4) is 0 Å². The van der Waals surface area contributed by atoms with E-state index in [9.17, 15) is 23.3 Å². The van der Waals surface area contributed by atoms with Gasteiger partial charge in [-0.15, -0.1) is 0 Å². The first-order valence-corrected chi connectivity index (χ1v) is 9.34. The average Bonchev–Trinajstić information content (AvgIpc) is 2.60. The molecule has 0 aliphatic heterocycles. The normalized spacial score (nSPS) is 11.2. The van der Waals surface area contributed by atoms with E-state index in [4.69, 9.17) is 0 Å². The summed E-state index contributed by atoms with van der Waals surface area (Å²) in [5, 5.41) is 13.4. The van der Waals surface area contributed by atoms with E-state index in [1.165, 1.54) is 13.0 Å². The number of anilines is 1. The Morgan fingerprint density at radius 2 is 1.92 bits per heavy atom. The fraction of sp³-hybridized carbons (Fsp3) is 0.235. The van der Waals surface area contributed by atoms with Crippen LogP contribution in [0.15, 0.2) is 47.4 Å². The van der Waals surface area contributed by atoms with E-state index in [1.54, 1.807) is 12.1 Å². The number of hydrogen-bond donors (Lipinski definition) is 2. The standard InChI is InChI=1S/C17H19N3O5S/c1-3-13-5-4-6-14(10-13)19-17(21)11-18-26(24,25)16-8-7-15(20(22)23)9-12(16)2/h4-10,18H,3,11H2,1-2H3,(H,19,21). The molecule has 0 saturated heterocycles. The van der Waals surface area contributed by atoms with Crippen molar-refractivity contribution in [2.75, 3.05) is 11.9 Å². The molecule has 2 aromatic rings. The van der Waals surface area contributed by atoms with Gasteiger partial charge >= 0.3 is 0 Å². The van der Waals surface area contributed by atoms with Crippen LogP contribution in [0.1, 0.15) is 18.1 Å². The number of nitro benzene ring substituents is 1. The Bertz CT molecular complexity index is 941. The zero-order valence-corrected chi connectivity index (χ0v) is 15.2. The molecule has 0 atom stereocenters. The molecular weight excluding hydrogens is 358 g/mol. The summed E-state index contributed by atoms with van der Waals surface area (Å²) in [4.78, 5) is 22.0. The Balaban J connectivity index is 2.05. The number of aryl methyl sites for hydroxylation is 2. The maximum atomic E-state index is 12.3. The summed E-state index contributed by atoms with van der Waals surface area (Å²) in [5.74, 6) is -0.513. The molecule has 0 heterocycles. The number of carbonyl (C=O) groups excluding carboxylic acids is 1. The van der Waals surface area contributed by atoms with E-state index in [0.717, 1.165) is 24.1 Å². The lowest BCUT2D eigenvalue weighted by Gasteiger charge is -2.10. The Kier molecular flexibility index (Phi) is 6.06. The molecule has 138 valence electrons. The second-order valence-electron chi connectivity index (χ2n) is 5.63. The molecule has 26 heavy (non-hydrogen) atoms. The van der Waals surface area contributed by atoms with Crippen LogP contribution in [0.2, 0.25) is 0 Å². The van der Waals surface area contributed by atoms with Gasteiger partial charge < -0.3 is 5.32 Å². The van der Waals surface area contributed by atoms with Crippen LogP contribution in [0, 0.1) is 17.0 Å². The van der Waals surface area contributed by atoms with Crippen LogP contribution >= 0.6 is 0 Å². The SMILES string of the molecule is CCc1cccc(NC(=O)CNS(=O)(=O)c2ccc([N+](=O)[O-])cc2C)c1. The number of carbonyl (C=O) groups is 1. The molecule has 0 saturated carbocycles. The van der Waals surface area contributed by atoms with Gasteiger partial charge in [0.25, 0.3) is 5.69 Å². The Hall–Kier alpha value is -2.78. The summed E-state index contributed by atoms with van der Waals surface area (Å²) in [6.45, 7) is 2.99. The lowest BCUT2D eigenvalue weighted by atomic mass is 10.1. The predicted molar refractivity (Wildman–Crippen MR) is 97.5 cm³/mol. The first-order chi connectivity index (χ1) is 12.2. The predicted octanol–water partition coefficient (Wildman–Crippen LogP) is 2.38. The largest absolute Gasteiger partial charge is 0.325 e. The minimum absolute atomic E-state index is 0.108. The molecule has 0 aromatic heterocycles. The second-order valence-corrected chi connectivity index (χ2v) is 7.37. The van der Waals surface area contributed by atoms with Crippen LogP contribution in [-0.4, -0.2) is 25.8 Å². The van der Waals surface area contributed by atoms with E-state index >= 15 is 0 Å². The van der Waals surface area contributed by atoms with E-state index in [2.05, 4.69) is 10.0 Å². The van der Waals surface area contributed by atoms with Gasteiger partial charge in [-0.1, -0.05) is 19.1 Å². The second kappa shape index (κ2) is 8.07. The van der Waals surface area contributed by atoms with Gasteiger partial charge in [0.05, 0.1) is 16.4 Å². The van der Waals surface area contributed by atoms with E-state index < -0.39 is 27.4 Å². The van der Waals surface area contributed by atoms with Crippen LogP contribution in [-0.2, 0) is 21.2 Å². The molecule has 0 radical (unpaired) electrons. The summed E-state index contributed by atoms with van der Waals surface area (Å²) >= 11 is 0. The molecule has 0 spiro atoms. The summed E-state index contributed by atoms with van der Waals surface area (Å²) in [7, 11) is -3.97. The van der Waals surface area contributed by atoms with Crippen molar-refractivity contribution in [3.05, 3.63) is 63.7 Å². The summed E-state index contributed by atoms with van der Waals surface area (Å²) in [5.41, 5.74) is 1.66. The van der Waals surface area contributed by atoms with Gasteiger partial charge in [0, 0.05) is 17.8 Å². The van der Waals surface area contributed by atoms with Crippen LogP contribution in [0.4, 0.5) is 11.4 Å². The first-order valence-electron chi connectivity index (χ1n) is 7.86. The van der Waals surface area contributed by atoms with Crippen molar-refractivity contribution in [3.63, 3.8) is 0 Å². The van der Waals surface area contributed by atoms with E-state index in [-0.39, 0.29) is 16.1 Å². The van der Waals surface area contributed by atoms with Crippen molar-refractivity contribution in [2.45, 2.75) is 25.2 Å². The molecule has 2 aromatic carbocycles. The van der Waals surface area contributed by atoms with Gasteiger partial charge in [0.1, 0.15) is 0 Å². The minimum Gasteiger partial charge on any atom is -0.325 e. The smallest absolute Gasteiger partial charge is 0.269 e. The summed E-state index contributed by atoms with van der Waals surface area (Å²) < 4.78 is 26.9. The molecule has 9 heteroatoms. The monoisotopic (exact) mass is 377 g/mol. The van der Waals surface area contributed by atoms with Gasteiger partial charge in [-0.25, -0.2) is 13.1 Å². The molecule has 0 aliphatic carbocycles. The number of nitro groups is 1. The fourth-order valence-electron chi connectivity index (χ4n) is 2.36. The zero-order valence-electron chi connectivity index (χ0n) is 14.4. The van der Waals surface area contributed by atoms with Gasteiger partial charge in [-0.05, 0) is 42.7 Å². The van der Waals surface area contributed by atoms with Crippen molar-refractivity contribution < 1.29 is 18.1 Å². The number of hydrogen-bond acceptors (Lipinski definition) is 5.